The molecule has 6 nitrogen and oxygen atoms in total. The van der Waals surface area contributed by atoms with Gasteiger partial charge in [0.2, 0.25) is 5.91 Å². The summed E-state index contributed by atoms with van der Waals surface area (Å²) in [6.45, 7) is 0.402. The topological polar surface area (TPSA) is 71.5 Å². The number of thiazole rings is 1. The number of rotatable bonds is 7. The molecule has 1 aliphatic rings. The molecule has 9 heteroatoms. The molecule has 0 aliphatic carbocycles. The highest BCUT2D eigenvalue weighted by molar-refractivity contribution is 8.26. The molecular weight excluding hydrogens is 402 g/mol. The summed E-state index contributed by atoms with van der Waals surface area (Å²) in [6, 6.07) is 7.48. The number of carbonyl (C=O) groups excluding carboxylic acids is 2. The van der Waals surface area contributed by atoms with E-state index in [1.165, 1.54) is 28.0 Å². The van der Waals surface area contributed by atoms with E-state index in [9.17, 15) is 9.59 Å². The number of nitrogens with one attached hydrogen (secondary N) is 1. The van der Waals surface area contributed by atoms with Gasteiger partial charge in [0.25, 0.3) is 5.91 Å². The van der Waals surface area contributed by atoms with Crippen LogP contribution in [0.15, 0.2) is 40.7 Å². The zero-order chi connectivity index (χ0) is 19.2. The smallest absolute Gasteiger partial charge is 0.266 e. The van der Waals surface area contributed by atoms with Crippen LogP contribution in [-0.2, 0) is 9.59 Å². The van der Waals surface area contributed by atoms with E-state index in [0.29, 0.717) is 39.5 Å². The van der Waals surface area contributed by atoms with Crippen molar-refractivity contribution in [2.24, 2.45) is 0 Å². The second kappa shape index (κ2) is 9.12. The summed E-state index contributed by atoms with van der Waals surface area (Å²) in [5.74, 6) is 0.429. The minimum Gasteiger partial charge on any atom is -0.496 e. The maximum Gasteiger partial charge on any atom is 0.266 e. The average molecular weight is 420 g/mol. The molecule has 0 spiro atoms. The number of ether oxygens (including phenoxy) is 1. The van der Waals surface area contributed by atoms with Crippen LogP contribution in [0.2, 0.25) is 0 Å². The van der Waals surface area contributed by atoms with E-state index in [1.807, 2.05) is 24.3 Å². The van der Waals surface area contributed by atoms with Crippen molar-refractivity contribution in [3.63, 3.8) is 0 Å². The SMILES string of the molecule is COc1ccccc1/C=C1\SC(=S)N(CCCC(=O)Nc2nccs2)C1=O. The summed E-state index contributed by atoms with van der Waals surface area (Å²) in [5, 5.41) is 5.10. The van der Waals surface area contributed by atoms with Crippen LogP contribution in [0.4, 0.5) is 5.13 Å². The quantitative estimate of drug-likeness (QED) is 0.544. The summed E-state index contributed by atoms with van der Waals surface area (Å²) in [4.78, 5) is 30.7. The summed E-state index contributed by atoms with van der Waals surface area (Å²) in [5.41, 5.74) is 0.823. The minimum absolute atomic E-state index is 0.125. The number of thioether (sulfide) groups is 1. The Morgan fingerprint density at radius 1 is 1.41 bits per heavy atom. The van der Waals surface area contributed by atoms with Gasteiger partial charge >= 0.3 is 0 Å². The monoisotopic (exact) mass is 419 g/mol. The van der Waals surface area contributed by atoms with Crippen LogP contribution in [0, 0.1) is 0 Å². The maximum absolute atomic E-state index is 12.7. The van der Waals surface area contributed by atoms with E-state index >= 15 is 0 Å². The number of hydrogen-bond donors (Lipinski definition) is 1. The van der Waals surface area contributed by atoms with Gasteiger partial charge in [-0.2, -0.15) is 0 Å². The third-order valence-corrected chi connectivity index (χ3v) is 5.83. The molecule has 2 aromatic rings. The predicted molar refractivity (Wildman–Crippen MR) is 113 cm³/mol. The second-order valence-corrected chi connectivity index (χ2v) is 8.13. The van der Waals surface area contributed by atoms with Crippen LogP contribution in [0.5, 0.6) is 5.75 Å². The van der Waals surface area contributed by atoms with Crippen molar-refractivity contribution < 1.29 is 14.3 Å². The van der Waals surface area contributed by atoms with Crippen molar-refractivity contribution in [1.82, 2.24) is 9.88 Å². The van der Waals surface area contributed by atoms with Crippen LogP contribution in [-0.4, -0.2) is 39.7 Å². The number of methoxy groups -OCH3 is 1. The van der Waals surface area contributed by atoms with Crippen molar-refractivity contribution in [2.75, 3.05) is 19.0 Å². The van der Waals surface area contributed by atoms with Gasteiger partial charge in [-0.25, -0.2) is 4.98 Å². The lowest BCUT2D eigenvalue weighted by atomic mass is 10.2. The first kappa shape index (κ1) is 19.5. The van der Waals surface area contributed by atoms with E-state index < -0.39 is 0 Å². The van der Waals surface area contributed by atoms with E-state index in [-0.39, 0.29) is 11.8 Å². The van der Waals surface area contributed by atoms with Crippen molar-refractivity contribution >= 4 is 62.7 Å². The Morgan fingerprint density at radius 3 is 2.96 bits per heavy atom. The molecule has 2 heterocycles. The Labute approximate surface area is 170 Å². The number of hydrogen-bond acceptors (Lipinski definition) is 7. The molecule has 140 valence electrons. The van der Waals surface area contributed by atoms with E-state index in [2.05, 4.69) is 10.3 Å². The van der Waals surface area contributed by atoms with Gasteiger partial charge in [0.1, 0.15) is 10.1 Å². The Balaban J connectivity index is 1.57. The summed E-state index contributed by atoms with van der Waals surface area (Å²) < 4.78 is 5.82. The number of benzene rings is 1. The van der Waals surface area contributed by atoms with Gasteiger partial charge < -0.3 is 10.1 Å². The number of para-hydroxylation sites is 1. The maximum atomic E-state index is 12.7. The molecule has 1 aromatic heterocycles. The van der Waals surface area contributed by atoms with Crippen LogP contribution in [0.3, 0.4) is 0 Å². The molecule has 0 bridgehead atoms. The lowest BCUT2D eigenvalue weighted by Crippen LogP contribution is -2.29. The van der Waals surface area contributed by atoms with Crippen LogP contribution in [0.1, 0.15) is 18.4 Å². The van der Waals surface area contributed by atoms with Gasteiger partial charge in [0.15, 0.2) is 5.13 Å². The number of aromatic nitrogens is 1. The average Bonchev–Trinajstić information content (AvgIpc) is 3.25. The van der Waals surface area contributed by atoms with Crippen molar-refractivity contribution in [1.29, 1.82) is 0 Å². The predicted octanol–water partition coefficient (Wildman–Crippen LogP) is 3.77. The molecule has 27 heavy (non-hydrogen) atoms. The fourth-order valence-corrected chi connectivity index (χ4v) is 4.33. The lowest BCUT2D eigenvalue weighted by molar-refractivity contribution is -0.122. The highest BCUT2D eigenvalue weighted by atomic mass is 32.2. The third-order valence-electron chi connectivity index (χ3n) is 3.76. The summed E-state index contributed by atoms with van der Waals surface area (Å²) in [7, 11) is 1.59. The van der Waals surface area contributed by atoms with Gasteiger partial charge in [0, 0.05) is 30.1 Å². The molecule has 1 fully saturated rings. The number of carbonyl (C=O) groups is 2. The van der Waals surface area contributed by atoms with Gasteiger partial charge in [-0.15, -0.1) is 11.3 Å². The second-order valence-electron chi connectivity index (χ2n) is 5.56. The highest BCUT2D eigenvalue weighted by Gasteiger charge is 2.31. The minimum atomic E-state index is -0.142. The fourth-order valence-electron chi connectivity index (χ4n) is 2.48. The molecule has 0 radical (unpaired) electrons. The van der Waals surface area contributed by atoms with Gasteiger partial charge in [-0.1, -0.05) is 42.2 Å². The molecule has 1 aromatic carbocycles. The normalized spacial score (nSPS) is 15.4. The number of anilines is 1. The molecule has 0 saturated carbocycles. The zero-order valence-electron chi connectivity index (χ0n) is 14.5. The first-order valence-corrected chi connectivity index (χ1v) is 10.3. The molecule has 1 aliphatic heterocycles. The van der Waals surface area contributed by atoms with Crippen LogP contribution < -0.4 is 10.1 Å². The first-order valence-electron chi connectivity index (χ1n) is 8.16. The highest BCUT2D eigenvalue weighted by Crippen LogP contribution is 2.34. The number of amides is 2. The van der Waals surface area contributed by atoms with Gasteiger partial charge in [0.05, 0.1) is 12.0 Å². The van der Waals surface area contributed by atoms with Crippen molar-refractivity contribution in [3.05, 3.63) is 46.3 Å². The molecule has 3 rings (SSSR count). The first-order chi connectivity index (χ1) is 13.1. The van der Waals surface area contributed by atoms with Gasteiger partial charge in [-0.05, 0) is 18.6 Å². The Morgan fingerprint density at radius 2 is 2.22 bits per heavy atom. The summed E-state index contributed by atoms with van der Waals surface area (Å²) in [6.07, 6.45) is 4.23. The molecular formula is C18H17N3O3S3. The van der Waals surface area contributed by atoms with Crippen LogP contribution in [0.25, 0.3) is 6.08 Å². The Hall–Kier alpha value is -2.23. The lowest BCUT2D eigenvalue weighted by Gasteiger charge is -2.13. The largest absolute Gasteiger partial charge is 0.496 e. The van der Waals surface area contributed by atoms with E-state index in [0.717, 1.165) is 5.56 Å². The Kier molecular flexibility index (Phi) is 6.59. The van der Waals surface area contributed by atoms with E-state index in [4.69, 9.17) is 17.0 Å². The summed E-state index contributed by atoms with van der Waals surface area (Å²) >= 11 is 7.96. The molecule has 0 unspecified atom stereocenters. The van der Waals surface area contributed by atoms with E-state index in [1.54, 1.807) is 24.8 Å². The van der Waals surface area contributed by atoms with Crippen molar-refractivity contribution in [3.8, 4) is 5.75 Å². The van der Waals surface area contributed by atoms with Gasteiger partial charge in [-0.3, -0.25) is 14.5 Å². The number of thiocarbonyl (C=S) groups is 1. The molecule has 1 N–H and O–H groups in total. The fraction of sp³-hybridized carbons (Fsp3) is 0.222. The molecule has 2 amide bonds. The van der Waals surface area contributed by atoms with Crippen LogP contribution >= 0.6 is 35.3 Å². The molecule has 0 atom stereocenters. The standard InChI is InChI=1S/C18H17N3O3S3/c1-24-13-6-3-2-5-12(13)11-14-16(23)21(18(25)27-14)9-4-7-15(22)20-17-19-8-10-26-17/h2-3,5-6,8,10-11H,4,7,9H2,1H3,(H,19,20,22)/b14-11-. The Bertz CT molecular complexity index is 881. The molecule has 1 saturated heterocycles. The number of nitrogens with zero attached hydrogens (tertiary/aromatic N) is 2. The zero-order valence-corrected chi connectivity index (χ0v) is 17.0. The third kappa shape index (κ3) is 4.94. The van der Waals surface area contributed by atoms with Crippen molar-refractivity contribution in [2.45, 2.75) is 12.8 Å².